The second-order valence-electron chi connectivity index (χ2n) is 6.85. The van der Waals surface area contributed by atoms with Crippen LogP contribution in [-0.4, -0.2) is 37.4 Å². The topological polar surface area (TPSA) is 98.7 Å². The normalized spacial score (nSPS) is 10.9. The van der Waals surface area contributed by atoms with E-state index in [9.17, 15) is 4.79 Å². The van der Waals surface area contributed by atoms with E-state index in [0.29, 0.717) is 13.1 Å². The van der Waals surface area contributed by atoms with Gasteiger partial charge in [0.15, 0.2) is 0 Å². The van der Waals surface area contributed by atoms with E-state index in [1.807, 2.05) is 55.2 Å². The monoisotopic (exact) mass is 402 g/mol. The van der Waals surface area contributed by atoms with Gasteiger partial charge < -0.3 is 9.84 Å². The molecule has 0 aliphatic rings. The van der Waals surface area contributed by atoms with Gasteiger partial charge >= 0.3 is 0 Å². The zero-order chi connectivity index (χ0) is 20.9. The molecule has 0 atom stereocenters. The van der Waals surface area contributed by atoms with Crippen LogP contribution in [0.2, 0.25) is 0 Å². The Labute approximate surface area is 174 Å². The number of carbonyl (C=O) groups excluding carboxylic acids is 1. The van der Waals surface area contributed by atoms with E-state index in [1.54, 1.807) is 18.5 Å². The van der Waals surface area contributed by atoms with E-state index < -0.39 is 0 Å². The molecule has 0 radical (unpaired) electrons. The summed E-state index contributed by atoms with van der Waals surface area (Å²) in [7, 11) is 0. The van der Waals surface area contributed by atoms with Gasteiger partial charge in [0.25, 0.3) is 5.91 Å². The van der Waals surface area contributed by atoms with Gasteiger partial charge in [-0.05, 0) is 43.2 Å². The van der Waals surface area contributed by atoms with E-state index in [1.165, 1.54) is 0 Å². The first-order chi connectivity index (χ1) is 14.7. The van der Waals surface area contributed by atoms with E-state index in [4.69, 9.17) is 4.52 Å². The third-order valence-electron chi connectivity index (χ3n) is 4.77. The van der Waals surface area contributed by atoms with Crippen molar-refractivity contribution in [1.29, 1.82) is 0 Å². The molecule has 0 saturated carbocycles. The molecule has 4 rings (SSSR count). The van der Waals surface area contributed by atoms with Crippen molar-refractivity contribution in [2.45, 2.75) is 26.8 Å². The lowest BCUT2D eigenvalue weighted by molar-refractivity contribution is 0.0915. The van der Waals surface area contributed by atoms with Gasteiger partial charge in [0, 0.05) is 48.0 Å². The fourth-order valence-corrected chi connectivity index (χ4v) is 3.16. The van der Waals surface area contributed by atoms with Crippen molar-refractivity contribution in [1.82, 2.24) is 30.2 Å². The van der Waals surface area contributed by atoms with Crippen LogP contribution in [0.3, 0.4) is 0 Å². The third-order valence-corrected chi connectivity index (χ3v) is 4.77. The largest absolute Gasteiger partial charge is 0.351 e. The van der Waals surface area contributed by atoms with Crippen LogP contribution >= 0.6 is 0 Å². The van der Waals surface area contributed by atoms with Crippen molar-refractivity contribution in [3.05, 3.63) is 72.3 Å². The maximum Gasteiger partial charge on any atom is 0.289 e. The van der Waals surface area contributed by atoms with Crippen molar-refractivity contribution in [3.63, 3.8) is 0 Å². The molecule has 4 aromatic heterocycles. The summed E-state index contributed by atoms with van der Waals surface area (Å²) in [6.45, 7) is 4.80. The molecule has 1 N–H and O–H groups in total. The Kier molecular flexibility index (Phi) is 5.65. The quantitative estimate of drug-likeness (QED) is 0.509. The summed E-state index contributed by atoms with van der Waals surface area (Å²) >= 11 is 0. The van der Waals surface area contributed by atoms with Crippen molar-refractivity contribution in [3.8, 4) is 22.4 Å². The summed E-state index contributed by atoms with van der Waals surface area (Å²) in [4.78, 5) is 20.8. The molecule has 0 unspecified atom stereocenters. The highest BCUT2D eigenvalue weighted by Gasteiger charge is 2.16. The Morgan fingerprint density at radius 1 is 1.13 bits per heavy atom. The first kappa shape index (κ1) is 19.5. The standard InChI is InChI=1S/C22H22N6O2/c1-3-18-12-20(30-27-18)22(29)24-10-11-28-21(17-5-4-15(2)25-13-17)19(14-26-28)16-6-8-23-9-7-16/h4-9,12-14H,3,10-11H2,1-2H3,(H,24,29). The van der Waals surface area contributed by atoms with Gasteiger partial charge in [-0.2, -0.15) is 5.10 Å². The maximum atomic E-state index is 12.3. The lowest BCUT2D eigenvalue weighted by Gasteiger charge is -2.11. The number of nitrogens with zero attached hydrogens (tertiary/aromatic N) is 5. The molecule has 4 heterocycles. The fraction of sp³-hybridized carbons (Fsp3) is 0.227. The first-order valence-corrected chi connectivity index (χ1v) is 9.78. The second kappa shape index (κ2) is 8.69. The molecule has 0 bridgehead atoms. The minimum absolute atomic E-state index is 0.216. The number of aryl methyl sites for hydroxylation is 2. The van der Waals surface area contributed by atoms with E-state index >= 15 is 0 Å². The number of hydrogen-bond donors (Lipinski definition) is 1. The molecule has 4 aromatic rings. The Hall–Kier alpha value is -3.81. The summed E-state index contributed by atoms with van der Waals surface area (Å²) in [6.07, 6.45) is 7.90. The third kappa shape index (κ3) is 4.12. The van der Waals surface area contributed by atoms with E-state index in [2.05, 4.69) is 25.5 Å². The molecule has 30 heavy (non-hydrogen) atoms. The Balaban J connectivity index is 1.56. The van der Waals surface area contributed by atoms with Gasteiger partial charge in [-0.15, -0.1) is 0 Å². The maximum absolute atomic E-state index is 12.3. The van der Waals surface area contributed by atoms with Crippen molar-refractivity contribution in [2.75, 3.05) is 6.54 Å². The number of amides is 1. The Morgan fingerprint density at radius 3 is 2.67 bits per heavy atom. The number of hydrogen-bond acceptors (Lipinski definition) is 6. The van der Waals surface area contributed by atoms with Gasteiger partial charge in [-0.3, -0.25) is 19.4 Å². The Morgan fingerprint density at radius 2 is 1.97 bits per heavy atom. The molecular weight excluding hydrogens is 380 g/mol. The summed E-state index contributed by atoms with van der Waals surface area (Å²) in [5, 5.41) is 11.3. The summed E-state index contributed by atoms with van der Waals surface area (Å²) < 4.78 is 6.96. The van der Waals surface area contributed by atoms with Crippen molar-refractivity contribution in [2.24, 2.45) is 0 Å². The van der Waals surface area contributed by atoms with Gasteiger partial charge in [0.1, 0.15) is 0 Å². The summed E-state index contributed by atoms with van der Waals surface area (Å²) in [5.41, 5.74) is 5.60. The lowest BCUT2D eigenvalue weighted by Crippen LogP contribution is -2.27. The molecule has 0 aliphatic carbocycles. The number of nitrogens with one attached hydrogen (secondary N) is 1. The molecule has 152 valence electrons. The van der Waals surface area contributed by atoms with Crippen LogP contribution in [0.25, 0.3) is 22.4 Å². The average molecular weight is 402 g/mol. The highest BCUT2D eigenvalue weighted by atomic mass is 16.5. The molecule has 1 amide bonds. The van der Waals surface area contributed by atoms with Gasteiger partial charge in [0.05, 0.1) is 24.1 Å². The van der Waals surface area contributed by atoms with Gasteiger partial charge in [-0.1, -0.05) is 12.1 Å². The second-order valence-corrected chi connectivity index (χ2v) is 6.85. The number of pyridine rings is 2. The lowest BCUT2D eigenvalue weighted by atomic mass is 10.0. The van der Waals surface area contributed by atoms with E-state index in [-0.39, 0.29) is 11.7 Å². The van der Waals surface area contributed by atoms with Crippen LogP contribution in [-0.2, 0) is 13.0 Å². The number of rotatable bonds is 7. The SMILES string of the molecule is CCc1cc(C(=O)NCCn2ncc(-c3ccncc3)c2-c2ccc(C)nc2)on1. The molecular formula is C22H22N6O2. The highest BCUT2D eigenvalue weighted by molar-refractivity contribution is 5.91. The molecule has 8 nitrogen and oxygen atoms in total. The summed E-state index contributed by atoms with van der Waals surface area (Å²) in [5.74, 6) is -0.0741. The highest BCUT2D eigenvalue weighted by Crippen LogP contribution is 2.31. The predicted octanol–water partition coefficient (Wildman–Crippen LogP) is 3.30. The molecule has 0 spiro atoms. The van der Waals surface area contributed by atoms with E-state index in [0.717, 1.165) is 40.2 Å². The zero-order valence-corrected chi connectivity index (χ0v) is 16.9. The van der Waals surface area contributed by atoms with Crippen LogP contribution in [0.5, 0.6) is 0 Å². The van der Waals surface area contributed by atoms with Crippen molar-refractivity contribution < 1.29 is 9.32 Å². The predicted molar refractivity (Wildman–Crippen MR) is 112 cm³/mol. The Bertz CT molecular complexity index is 1130. The van der Waals surface area contributed by atoms with Crippen LogP contribution in [0, 0.1) is 6.92 Å². The van der Waals surface area contributed by atoms with Gasteiger partial charge in [0.2, 0.25) is 5.76 Å². The molecule has 0 saturated heterocycles. The van der Waals surface area contributed by atoms with Crippen molar-refractivity contribution >= 4 is 5.91 Å². The average Bonchev–Trinajstić information content (AvgIpc) is 3.42. The molecule has 0 fully saturated rings. The molecule has 8 heteroatoms. The smallest absolute Gasteiger partial charge is 0.289 e. The summed E-state index contributed by atoms with van der Waals surface area (Å²) in [6, 6.07) is 9.56. The van der Waals surface area contributed by atoms with Crippen LogP contribution in [0.4, 0.5) is 0 Å². The first-order valence-electron chi connectivity index (χ1n) is 9.78. The molecule has 0 aromatic carbocycles. The fourth-order valence-electron chi connectivity index (χ4n) is 3.16. The minimum Gasteiger partial charge on any atom is -0.351 e. The minimum atomic E-state index is -0.290. The van der Waals surface area contributed by atoms with Gasteiger partial charge in [-0.25, -0.2) is 0 Å². The van der Waals surface area contributed by atoms with Crippen LogP contribution in [0.1, 0.15) is 28.9 Å². The van der Waals surface area contributed by atoms with Crippen LogP contribution < -0.4 is 5.32 Å². The molecule has 0 aliphatic heterocycles. The number of aromatic nitrogens is 5. The zero-order valence-electron chi connectivity index (χ0n) is 16.9. The number of carbonyl (C=O) groups is 1. The van der Waals surface area contributed by atoms with Crippen LogP contribution in [0.15, 0.2) is 59.6 Å².